The fraction of sp³-hybridized carbons (Fsp3) is 0.250. The summed E-state index contributed by atoms with van der Waals surface area (Å²) in [5.41, 5.74) is 3.15. The van der Waals surface area contributed by atoms with E-state index in [0.29, 0.717) is 30.2 Å². The van der Waals surface area contributed by atoms with Crippen LogP contribution in [0.1, 0.15) is 21.7 Å². The van der Waals surface area contributed by atoms with Crippen LogP contribution < -0.4 is 4.90 Å². The summed E-state index contributed by atoms with van der Waals surface area (Å²) >= 11 is 0. The Kier molecular flexibility index (Phi) is 4.60. The second-order valence-corrected chi connectivity index (χ2v) is 6.75. The van der Waals surface area contributed by atoms with Gasteiger partial charge in [0.05, 0.1) is 5.69 Å². The van der Waals surface area contributed by atoms with Crippen LogP contribution in [-0.2, 0) is 4.79 Å². The van der Waals surface area contributed by atoms with E-state index in [1.54, 1.807) is 39.6 Å². The van der Waals surface area contributed by atoms with Crippen LogP contribution >= 0.6 is 0 Å². The van der Waals surface area contributed by atoms with Crippen molar-refractivity contribution in [2.75, 3.05) is 24.5 Å². The number of aryl methyl sites for hydroxylation is 2. The van der Waals surface area contributed by atoms with Gasteiger partial charge in [-0.3, -0.25) is 9.59 Å². The topological polar surface area (TPSA) is 84.2 Å². The number of piperazine rings is 1. The maximum absolute atomic E-state index is 13.0. The average Bonchev–Trinajstić information content (AvgIpc) is 3.14. The fourth-order valence-corrected chi connectivity index (χ4v) is 3.39. The summed E-state index contributed by atoms with van der Waals surface area (Å²) in [6.45, 7) is 4.78. The molecule has 8 nitrogen and oxygen atoms in total. The lowest BCUT2D eigenvalue weighted by atomic mass is 10.1. The number of anilines is 1. The van der Waals surface area contributed by atoms with Gasteiger partial charge in [0.1, 0.15) is 6.54 Å². The van der Waals surface area contributed by atoms with Crippen molar-refractivity contribution in [3.8, 4) is 5.69 Å². The molecule has 0 unspecified atom stereocenters. The van der Waals surface area contributed by atoms with E-state index in [2.05, 4.69) is 15.5 Å². The van der Waals surface area contributed by atoms with Crippen LogP contribution in [0.4, 0.5) is 5.69 Å². The third-order valence-electron chi connectivity index (χ3n) is 4.88. The minimum atomic E-state index is -0.176. The van der Waals surface area contributed by atoms with E-state index in [4.69, 9.17) is 0 Å². The number of amides is 2. The second kappa shape index (κ2) is 7.22. The molecule has 4 rings (SSSR count). The van der Waals surface area contributed by atoms with Crippen molar-refractivity contribution in [1.29, 1.82) is 0 Å². The zero-order valence-corrected chi connectivity index (χ0v) is 15.7. The molecule has 1 saturated heterocycles. The number of tetrazole rings is 1. The second-order valence-electron chi connectivity index (χ2n) is 6.75. The van der Waals surface area contributed by atoms with E-state index in [1.807, 2.05) is 37.3 Å². The maximum atomic E-state index is 13.0. The summed E-state index contributed by atoms with van der Waals surface area (Å²) in [4.78, 5) is 29.0. The van der Waals surface area contributed by atoms with E-state index in [-0.39, 0.29) is 18.4 Å². The first-order chi connectivity index (χ1) is 13.5. The summed E-state index contributed by atoms with van der Waals surface area (Å²) in [5.74, 6) is 0.373. The Morgan fingerprint density at radius 2 is 1.86 bits per heavy atom. The van der Waals surface area contributed by atoms with Crippen LogP contribution in [-0.4, -0.2) is 56.6 Å². The molecule has 28 heavy (non-hydrogen) atoms. The number of nitrogens with zero attached hydrogens (tertiary/aromatic N) is 6. The molecule has 2 heterocycles. The highest BCUT2D eigenvalue weighted by Crippen LogP contribution is 2.22. The van der Waals surface area contributed by atoms with Crippen LogP contribution in [0.25, 0.3) is 5.69 Å². The van der Waals surface area contributed by atoms with Gasteiger partial charge in [-0.1, -0.05) is 24.3 Å². The Hall–Kier alpha value is -3.55. The van der Waals surface area contributed by atoms with Gasteiger partial charge < -0.3 is 9.80 Å². The molecule has 1 fully saturated rings. The molecule has 2 amide bonds. The minimum Gasteiger partial charge on any atom is -0.328 e. The van der Waals surface area contributed by atoms with Crippen molar-refractivity contribution < 1.29 is 9.59 Å². The van der Waals surface area contributed by atoms with Crippen molar-refractivity contribution in [2.24, 2.45) is 0 Å². The molecule has 1 aromatic heterocycles. The van der Waals surface area contributed by atoms with E-state index >= 15 is 0 Å². The third kappa shape index (κ3) is 3.24. The van der Waals surface area contributed by atoms with Gasteiger partial charge in [-0.25, -0.2) is 0 Å². The Bertz CT molecular complexity index is 1040. The van der Waals surface area contributed by atoms with Gasteiger partial charge in [-0.05, 0) is 54.1 Å². The SMILES string of the molecule is Cc1ccccc1N1CCN(C(=O)c2cccc(-n3nnnc3C)c2)CC1=O. The van der Waals surface area contributed by atoms with Gasteiger partial charge in [0.25, 0.3) is 5.91 Å². The largest absolute Gasteiger partial charge is 0.328 e. The summed E-state index contributed by atoms with van der Waals surface area (Å²) in [6, 6.07) is 14.9. The number of carbonyl (C=O) groups excluding carboxylic acids is 2. The zero-order valence-electron chi connectivity index (χ0n) is 15.7. The minimum absolute atomic E-state index is 0.0568. The predicted octanol–water partition coefficient (Wildman–Crippen LogP) is 1.77. The molecule has 0 radical (unpaired) electrons. The molecule has 0 saturated carbocycles. The molecule has 2 aromatic carbocycles. The van der Waals surface area contributed by atoms with Crippen LogP contribution in [0.3, 0.4) is 0 Å². The van der Waals surface area contributed by atoms with Gasteiger partial charge in [0.15, 0.2) is 5.82 Å². The smallest absolute Gasteiger partial charge is 0.254 e. The highest BCUT2D eigenvalue weighted by molar-refractivity contribution is 6.02. The lowest BCUT2D eigenvalue weighted by Crippen LogP contribution is -2.52. The maximum Gasteiger partial charge on any atom is 0.254 e. The predicted molar refractivity (Wildman–Crippen MR) is 103 cm³/mol. The molecule has 8 heteroatoms. The lowest BCUT2D eigenvalue weighted by Gasteiger charge is -2.35. The molecule has 0 atom stereocenters. The summed E-state index contributed by atoms with van der Waals surface area (Å²) in [7, 11) is 0. The van der Waals surface area contributed by atoms with Crippen molar-refractivity contribution in [3.05, 3.63) is 65.5 Å². The Labute approximate surface area is 162 Å². The lowest BCUT2D eigenvalue weighted by molar-refractivity contribution is -0.120. The molecule has 142 valence electrons. The monoisotopic (exact) mass is 376 g/mol. The molecule has 0 aliphatic carbocycles. The quantitative estimate of drug-likeness (QED) is 0.696. The number of para-hydroxylation sites is 1. The number of carbonyl (C=O) groups is 2. The molecule has 0 N–H and O–H groups in total. The number of hydrogen-bond acceptors (Lipinski definition) is 5. The first-order valence-electron chi connectivity index (χ1n) is 9.05. The van der Waals surface area contributed by atoms with Crippen molar-refractivity contribution >= 4 is 17.5 Å². The molecule has 0 spiro atoms. The zero-order chi connectivity index (χ0) is 19.7. The third-order valence-corrected chi connectivity index (χ3v) is 4.88. The van der Waals surface area contributed by atoms with Gasteiger partial charge in [-0.2, -0.15) is 4.68 Å². The Morgan fingerprint density at radius 1 is 1.04 bits per heavy atom. The van der Waals surface area contributed by atoms with Crippen LogP contribution in [0, 0.1) is 13.8 Å². The number of hydrogen-bond donors (Lipinski definition) is 0. The Morgan fingerprint density at radius 3 is 2.57 bits per heavy atom. The summed E-state index contributed by atoms with van der Waals surface area (Å²) in [6.07, 6.45) is 0. The van der Waals surface area contributed by atoms with Crippen molar-refractivity contribution in [1.82, 2.24) is 25.1 Å². The van der Waals surface area contributed by atoms with Crippen LogP contribution in [0.2, 0.25) is 0 Å². The molecular formula is C20H20N6O2. The van der Waals surface area contributed by atoms with E-state index in [1.165, 1.54) is 0 Å². The highest BCUT2D eigenvalue weighted by Gasteiger charge is 2.29. The Balaban J connectivity index is 1.52. The number of benzene rings is 2. The van der Waals surface area contributed by atoms with Gasteiger partial charge in [-0.15, -0.1) is 5.10 Å². The van der Waals surface area contributed by atoms with E-state index in [9.17, 15) is 9.59 Å². The summed E-state index contributed by atoms with van der Waals surface area (Å²) in [5, 5.41) is 11.4. The van der Waals surface area contributed by atoms with E-state index in [0.717, 1.165) is 11.3 Å². The molecular weight excluding hydrogens is 356 g/mol. The molecule has 3 aromatic rings. The first-order valence-corrected chi connectivity index (χ1v) is 9.05. The van der Waals surface area contributed by atoms with Gasteiger partial charge in [0, 0.05) is 24.3 Å². The van der Waals surface area contributed by atoms with Crippen molar-refractivity contribution in [2.45, 2.75) is 13.8 Å². The van der Waals surface area contributed by atoms with Crippen LogP contribution in [0.15, 0.2) is 48.5 Å². The van der Waals surface area contributed by atoms with Crippen molar-refractivity contribution in [3.63, 3.8) is 0 Å². The summed E-state index contributed by atoms with van der Waals surface area (Å²) < 4.78 is 1.57. The normalized spacial score (nSPS) is 14.4. The molecule has 1 aliphatic rings. The van der Waals surface area contributed by atoms with E-state index < -0.39 is 0 Å². The first kappa shape index (κ1) is 17.8. The van der Waals surface area contributed by atoms with Gasteiger partial charge >= 0.3 is 0 Å². The van der Waals surface area contributed by atoms with Gasteiger partial charge in [0.2, 0.25) is 5.91 Å². The standard InChI is InChI=1S/C20H20N6O2/c1-14-6-3-4-9-18(14)25-11-10-24(13-19(25)27)20(28)16-7-5-8-17(12-16)26-15(2)21-22-23-26/h3-9,12H,10-11,13H2,1-2H3. The van der Waals surface area contributed by atoms with Crippen LogP contribution in [0.5, 0.6) is 0 Å². The average molecular weight is 376 g/mol. The molecule has 0 bridgehead atoms. The number of aromatic nitrogens is 4. The fourth-order valence-electron chi connectivity index (χ4n) is 3.39. The highest BCUT2D eigenvalue weighted by atomic mass is 16.2. The number of rotatable bonds is 3. The molecule has 1 aliphatic heterocycles.